The highest BCUT2D eigenvalue weighted by molar-refractivity contribution is 6.05. The van der Waals surface area contributed by atoms with E-state index in [0.29, 0.717) is 48.1 Å². The highest BCUT2D eigenvalue weighted by Crippen LogP contribution is 2.39. The normalized spacial score (nSPS) is 14.4. The molecule has 206 valence electrons. The number of anilines is 1. The van der Waals surface area contributed by atoms with Gasteiger partial charge >= 0.3 is 11.9 Å². The minimum absolute atomic E-state index is 0.115. The number of nitrogens with zero attached hydrogens (tertiary/aromatic N) is 6. The van der Waals surface area contributed by atoms with E-state index < -0.39 is 17.4 Å². The summed E-state index contributed by atoms with van der Waals surface area (Å²) in [6.45, 7) is 2.14. The molecule has 0 unspecified atom stereocenters. The summed E-state index contributed by atoms with van der Waals surface area (Å²) in [5.74, 6) is 0. The molecule has 1 saturated heterocycles. The van der Waals surface area contributed by atoms with Crippen LogP contribution < -0.4 is 15.9 Å². The molecule has 1 N–H and O–H groups in total. The molecule has 6 aromatic rings. The van der Waals surface area contributed by atoms with Gasteiger partial charge in [-0.05, 0) is 53.6 Å². The van der Waals surface area contributed by atoms with Crippen molar-refractivity contribution in [3.63, 3.8) is 0 Å². The summed E-state index contributed by atoms with van der Waals surface area (Å²) in [5.41, 5.74) is 3.92. The number of benzene rings is 3. The van der Waals surface area contributed by atoms with E-state index in [4.69, 9.17) is 0 Å². The van der Waals surface area contributed by atoms with Gasteiger partial charge in [-0.25, -0.2) is 4.79 Å². The van der Waals surface area contributed by atoms with Crippen LogP contribution >= 0.6 is 0 Å². The van der Waals surface area contributed by atoms with Crippen molar-refractivity contribution in [3.05, 3.63) is 89.2 Å². The van der Waals surface area contributed by atoms with Crippen LogP contribution in [0.4, 0.5) is 18.9 Å². The van der Waals surface area contributed by atoms with Gasteiger partial charge in [0.1, 0.15) is 0 Å². The minimum Gasteiger partial charge on any atom is -0.368 e. The maximum absolute atomic E-state index is 14.4. The molecule has 8 nitrogen and oxygen atoms in total. The molecule has 1 aliphatic rings. The van der Waals surface area contributed by atoms with E-state index in [-0.39, 0.29) is 11.4 Å². The highest BCUT2D eigenvalue weighted by atomic mass is 19.4. The van der Waals surface area contributed by atoms with Gasteiger partial charge in [0.2, 0.25) is 0 Å². The molecule has 3 aromatic carbocycles. The first kappa shape index (κ1) is 25.2. The first-order chi connectivity index (χ1) is 19.8. The fourth-order valence-electron chi connectivity index (χ4n) is 5.63. The molecule has 4 heterocycles. The maximum atomic E-state index is 14.4. The third kappa shape index (κ3) is 4.20. The summed E-state index contributed by atoms with van der Waals surface area (Å²) in [7, 11) is 1.60. The average Bonchev–Trinajstić information content (AvgIpc) is 3.26. The van der Waals surface area contributed by atoms with Crippen LogP contribution in [-0.4, -0.2) is 50.3 Å². The van der Waals surface area contributed by atoms with E-state index in [1.807, 2.05) is 36.4 Å². The lowest BCUT2D eigenvalue weighted by Crippen LogP contribution is -2.44. The lowest BCUT2D eigenvalue weighted by atomic mass is 10.0. The maximum Gasteiger partial charge on any atom is 0.418 e. The van der Waals surface area contributed by atoms with Gasteiger partial charge in [0.25, 0.3) is 0 Å². The van der Waals surface area contributed by atoms with E-state index in [0.717, 1.165) is 28.2 Å². The number of hydrogen-bond donors (Lipinski definition) is 1. The highest BCUT2D eigenvalue weighted by Gasteiger charge is 2.36. The lowest BCUT2D eigenvalue weighted by Gasteiger charge is -2.31. The Kier molecular flexibility index (Phi) is 5.79. The molecule has 0 spiro atoms. The standard InChI is InChI=1S/C30H24F3N7O/c1-38-27-17-37-23-5-2-18(19-3-6-24-25(15-19)36-9-8-35-24)14-21(23)28(27)40(29(38)41)20-4-7-26(22(16-20)30(31,32)33)39-12-10-34-11-13-39/h2-9,14-17,34H,10-13H2,1H3. The van der Waals surface area contributed by atoms with Gasteiger partial charge in [-0.15, -0.1) is 0 Å². The number of piperazine rings is 1. The van der Waals surface area contributed by atoms with Crippen molar-refractivity contribution in [2.45, 2.75) is 6.18 Å². The number of rotatable bonds is 3. The van der Waals surface area contributed by atoms with E-state index in [1.165, 1.54) is 15.2 Å². The second-order valence-corrected chi connectivity index (χ2v) is 10.1. The Labute approximate surface area is 231 Å². The van der Waals surface area contributed by atoms with Crippen LogP contribution in [0.5, 0.6) is 0 Å². The summed E-state index contributed by atoms with van der Waals surface area (Å²) in [6, 6.07) is 15.6. The molecule has 3 aromatic heterocycles. The molecule has 0 radical (unpaired) electrons. The van der Waals surface area contributed by atoms with Crippen LogP contribution in [0.2, 0.25) is 0 Å². The van der Waals surface area contributed by atoms with E-state index in [2.05, 4.69) is 20.3 Å². The largest absolute Gasteiger partial charge is 0.418 e. The zero-order valence-corrected chi connectivity index (χ0v) is 22.0. The molecule has 1 fully saturated rings. The van der Waals surface area contributed by atoms with Gasteiger partial charge in [0.15, 0.2) is 0 Å². The molecule has 7 rings (SSSR count). The predicted molar refractivity (Wildman–Crippen MR) is 152 cm³/mol. The van der Waals surface area contributed by atoms with Gasteiger partial charge in [0, 0.05) is 56.7 Å². The van der Waals surface area contributed by atoms with Crippen molar-refractivity contribution in [2.24, 2.45) is 7.05 Å². The monoisotopic (exact) mass is 555 g/mol. The average molecular weight is 556 g/mol. The quantitative estimate of drug-likeness (QED) is 0.334. The zero-order valence-electron chi connectivity index (χ0n) is 22.0. The van der Waals surface area contributed by atoms with Crippen LogP contribution in [-0.2, 0) is 13.2 Å². The van der Waals surface area contributed by atoms with E-state index in [1.54, 1.807) is 36.6 Å². The molecule has 0 amide bonds. The number of nitrogens with one attached hydrogen (secondary N) is 1. The molecule has 0 saturated carbocycles. The Morgan fingerprint density at radius 2 is 1.54 bits per heavy atom. The summed E-state index contributed by atoms with van der Waals surface area (Å²) in [6.07, 6.45) is 0.252. The molecule has 1 aliphatic heterocycles. The smallest absolute Gasteiger partial charge is 0.368 e. The van der Waals surface area contributed by atoms with Crippen LogP contribution in [0.25, 0.3) is 49.8 Å². The summed E-state index contributed by atoms with van der Waals surface area (Å²) >= 11 is 0. The van der Waals surface area contributed by atoms with E-state index in [9.17, 15) is 18.0 Å². The molecule has 0 bridgehead atoms. The van der Waals surface area contributed by atoms with Gasteiger partial charge in [0.05, 0.1) is 45.0 Å². The number of hydrogen-bond acceptors (Lipinski definition) is 6. The Bertz CT molecular complexity index is 2020. The summed E-state index contributed by atoms with van der Waals surface area (Å²) < 4.78 is 45.9. The van der Waals surface area contributed by atoms with Crippen molar-refractivity contribution in [1.29, 1.82) is 0 Å². The van der Waals surface area contributed by atoms with Crippen molar-refractivity contribution >= 4 is 38.7 Å². The molecular formula is C30H24F3N7O. The number of aromatic nitrogens is 5. The fraction of sp³-hybridized carbons (Fsp3) is 0.200. The van der Waals surface area contributed by atoms with Crippen molar-refractivity contribution in [2.75, 3.05) is 31.1 Å². The second kappa shape index (κ2) is 9.41. The Morgan fingerprint density at radius 3 is 2.29 bits per heavy atom. The lowest BCUT2D eigenvalue weighted by molar-refractivity contribution is -0.137. The van der Waals surface area contributed by atoms with Gasteiger partial charge in [-0.2, -0.15) is 13.2 Å². The van der Waals surface area contributed by atoms with Crippen molar-refractivity contribution in [3.8, 4) is 16.8 Å². The number of imidazole rings is 1. The Morgan fingerprint density at radius 1 is 0.829 bits per heavy atom. The van der Waals surface area contributed by atoms with Gasteiger partial charge in [-0.3, -0.25) is 24.1 Å². The first-order valence-electron chi connectivity index (χ1n) is 13.2. The number of fused-ring (bicyclic) bond motifs is 4. The third-order valence-corrected chi connectivity index (χ3v) is 7.69. The Hall–Kier alpha value is -4.77. The second-order valence-electron chi connectivity index (χ2n) is 10.1. The van der Waals surface area contributed by atoms with Crippen molar-refractivity contribution < 1.29 is 13.2 Å². The Balaban J connectivity index is 1.45. The summed E-state index contributed by atoms with van der Waals surface area (Å²) in [5, 5.41) is 3.82. The first-order valence-corrected chi connectivity index (χ1v) is 13.2. The molecule has 0 atom stereocenters. The zero-order chi connectivity index (χ0) is 28.3. The number of pyridine rings is 1. The SMILES string of the molecule is Cn1c(=O)n(-c2ccc(N3CCNCC3)c(C(F)(F)F)c2)c2c3cc(-c4ccc5nccnc5c4)ccc3ncc21. The van der Waals surface area contributed by atoms with Crippen LogP contribution in [0.1, 0.15) is 5.56 Å². The fourth-order valence-corrected chi connectivity index (χ4v) is 5.63. The van der Waals surface area contributed by atoms with Gasteiger partial charge < -0.3 is 10.2 Å². The van der Waals surface area contributed by atoms with Crippen molar-refractivity contribution in [1.82, 2.24) is 29.4 Å². The van der Waals surface area contributed by atoms with E-state index >= 15 is 0 Å². The molecular weight excluding hydrogens is 531 g/mol. The predicted octanol–water partition coefficient (Wildman–Crippen LogP) is 4.92. The number of aryl methyl sites for hydroxylation is 1. The minimum atomic E-state index is -4.60. The number of halogens is 3. The molecule has 41 heavy (non-hydrogen) atoms. The molecule has 0 aliphatic carbocycles. The van der Waals surface area contributed by atoms with Crippen LogP contribution in [0.15, 0.2) is 78.0 Å². The third-order valence-electron chi connectivity index (χ3n) is 7.69. The topological polar surface area (TPSA) is 80.9 Å². The van der Waals surface area contributed by atoms with Crippen LogP contribution in [0, 0.1) is 0 Å². The summed E-state index contributed by atoms with van der Waals surface area (Å²) in [4.78, 5) is 28.6. The molecule has 11 heteroatoms. The van der Waals surface area contributed by atoms with Gasteiger partial charge in [-0.1, -0.05) is 12.1 Å². The number of alkyl halides is 3. The van der Waals surface area contributed by atoms with Crippen LogP contribution in [0.3, 0.4) is 0 Å².